The van der Waals surface area contributed by atoms with Crippen molar-refractivity contribution in [1.82, 2.24) is 10.3 Å². The van der Waals surface area contributed by atoms with E-state index >= 15 is 0 Å². The molecule has 0 aromatic carbocycles. The van der Waals surface area contributed by atoms with Crippen LogP contribution >= 0.6 is 11.3 Å². The first-order valence-corrected chi connectivity index (χ1v) is 8.44. The maximum Gasteiger partial charge on any atom is 0.186 e. The molecule has 0 aliphatic heterocycles. The first-order valence-electron chi connectivity index (χ1n) is 7.63. The zero-order valence-corrected chi connectivity index (χ0v) is 13.9. The summed E-state index contributed by atoms with van der Waals surface area (Å²) < 4.78 is 5.30. The Kier molecular flexibility index (Phi) is 5.81. The van der Waals surface area contributed by atoms with Gasteiger partial charge in [0.25, 0.3) is 0 Å². The fourth-order valence-corrected chi connectivity index (χ4v) is 3.39. The van der Waals surface area contributed by atoms with Gasteiger partial charge >= 0.3 is 0 Å². The third kappa shape index (κ3) is 4.17. The van der Waals surface area contributed by atoms with Crippen molar-refractivity contribution in [2.45, 2.75) is 65.3 Å². The summed E-state index contributed by atoms with van der Waals surface area (Å²) in [6.07, 6.45) is 3.78. The van der Waals surface area contributed by atoms with Gasteiger partial charge in [0.1, 0.15) is 0 Å². The SMILES string of the molecule is CCCN(c1nc(COC)c(CNC2CC2)s1)C(C)C. The maximum atomic E-state index is 5.30. The van der Waals surface area contributed by atoms with Crippen LogP contribution in [0.2, 0.25) is 0 Å². The number of ether oxygens (including phenoxy) is 1. The summed E-state index contributed by atoms with van der Waals surface area (Å²) in [5, 5.41) is 4.72. The number of methoxy groups -OCH3 is 1. The van der Waals surface area contributed by atoms with Gasteiger partial charge in [-0.2, -0.15) is 0 Å². The lowest BCUT2D eigenvalue weighted by atomic mass is 10.3. The molecule has 0 atom stereocenters. The van der Waals surface area contributed by atoms with Gasteiger partial charge in [-0.25, -0.2) is 4.98 Å². The maximum absolute atomic E-state index is 5.30. The summed E-state index contributed by atoms with van der Waals surface area (Å²) in [6.45, 7) is 9.28. The molecule has 20 heavy (non-hydrogen) atoms. The van der Waals surface area contributed by atoms with Gasteiger partial charge in [0, 0.05) is 37.2 Å². The smallest absolute Gasteiger partial charge is 0.186 e. The zero-order valence-electron chi connectivity index (χ0n) is 13.1. The van der Waals surface area contributed by atoms with E-state index in [1.807, 2.05) is 11.3 Å². The Morgan fingerprint density at radius 1 is 1.45 bits per heavy atom. The molecule has 114 valence electrons. The lowest BCUT2D eigenvalue weighted by Crippen LogP contribution is -2.31. The molecule has 4 nitrogen and oxygen atoms in total. The van der Waals surface area contributed by atoms with E-state index in [-0.39, 0.29) is 0 Å². The van der Waals surface area contributed by atoms with Gasteiger partial charge in [0.15, 0.2) is 5.13 Å². The molecule has 1 heterocycles. The van der Waals surface area contributed by atoms with Gasteiger partial charge in [-0.05, 0) is 33.1 Å². The number of anilines is 1. The van der Waals surface area contributed by atoms with E-state index in [0.29, 0.717) is 12.6 Å². The Morgan fingerprint density at radius 3 is 2.75 bits per heavy atom. The Labute approximate surface area is 126 Å². The van der Waals surface area contributed by atoms with Gasteiger partial charge in [0.05, 0.1) is 12.3 Å². The molecule has 1 aromatic heterocycles. The molecular formula is C15H27N3OS. The van der Waals surface area contributed by atoms with Crippen LogP contribution in [-0.4, -0.2) is 30.7 Å². The van der Waals surface area contributed by atoms with E-state index in [1.165, 1.54) is 17.7 Å². The van der Waals surface area contributed by atoms with Crippen LogP contribution in [-0.2, 0) is 17.9 Å². The molecule has 1 aromatic rings. The van der Waals surface area contributed by atoms with Gasteiger partial charge in [0.2, 0.25) is 0 Å². The van der Waals surface area contributed by atoms with Crippen LogP contribution in [0.1, 0.15) is 50.6 Å². The number of aromatic nitrogens is 1. The zero-order chi connectivity index (χ0) is 14.5. The van der Waals surface area contributed by atoms with E-state index in [1.54, 1.807) is 7.11 Å². The number of nitrogens with zero attached hydrogens (tertiary/aromatic N) is 2. The van der Waals surface area contributed by atoms with E-state index in [9.17, 15) is 0 Å². The molecule has 0 bridgehead atoms. The van der Waals surface area contributed by atoms with Gasteiger partial charge in [-0.3, -0.25) is 0 Å². The Morgan fingerprint density at radius 2 is 2.20 bits per heavy atom. The van der Waals surface area contributed by atoms with Crippen LogP contribution in [0.3, 0.4) is 0 Å². The molecule has 0 spiro atoms. The third-order valence-corrected chi connectivity index (χ3v) is 4.64. The number of hydrogen-bond donors (Lipinski definition) is 1. The van der Waals surface area contributed by atoms with Crippen molar-refractivity contribution in [2.24, 2.45) is 0 Å². The van der Waals surface area contributed by atoms with Crippen LogP contribution in [0.15, 0.2) is 0 Å². The van der Waals surface area contributed by atoms with Crippen molar-refractivity contribution in [2.75, 3.05) is 18.6 Å². The normalized spacial score (nSPS) is 15.1. The molecule has 0 radical (unpaired) electrons. The number of nitrogens with one attached hydrogen (secondary N) is 1. The number of hydrogen-bond acceptors (Lipinski definition) is 5. The quantitative estimate of drug-likeness (QED) is 0.760. The average Bonchev–Trinajstić information content (AvgIpc) is 3.16. The largest absolute Gasteiger partial charge is 0.378 e. The van der Waals surface area contributed by atoms with Crippen molar-refractivity contribution in [3.8, 4) is 0 Å². The highest BCUT2D eigenvalue weighted by atomic mass is 32.1. The highest BCUT2D eigenvalue weighted by Crippen LogP contribution is 2.29. The second-order valence-electron chi connectivity index (χ2n) is 5.74. The average molecular weight is 297 g/mol. The molecule has 1 N–H and O–H groups in total. The van der Waals surface area contributed by atoms with E-state index in [2.05, 4.69) is 31.0 Å². The lowest BCUT2D eigenvalue weighted by Gasteiger charge is -2.25. The highest BCUT2D eigenvalue weighted by Gasteiger charge is 2.22. The standard InChI is InChI=1S/C15H27N3OS/c1-5-8-18(11(2)3)15-17-13(10-19-4)14(20-15)9-16-12-6-7-12/h11-12,16H,5-10H2,1-4H3. The van der Waals surface area contributed by atoms with Crippen molar-refractivity contribution in [3.63, 3.8) is 0 Å². The Hall–Kier alpha value is -0.650. The van der Waals surface area contributed by atoms with Crippen molar-refractivity contribution >= 4 is 16.5 Å². The van der Waals surface area contributed by atoms with E-state index < -0.39 is 0 Å². The molecule has 2 rings (SSSR count). The summed E-state index contributed by atoms with van der Waals surface area (Å²) in [4.78, 5) is 8.54. The summed E-state index contributed by atoms with van der Waals surface area (Å²) >= 11 is 1.82. The third-order valence-electron chi connectivity index (χ3n) is 3.51. The van der Waals surface area contributed by atoms with Crippen LogP contribution in [0.25, 0.3) is 0 Å². The minimum atomic E-state index is 0.487. The predicted octanol–water partition coefficient (Wildman–Crippen LogP) is 3.17. The first kappa shape index (κ1) is 15.7. The van der Waals surface area contributed by atoms with Crippen LogP contribution in [0, 0.1) is 0 Å². The van der Waals surface area contributed by atoms with Crippen LogP contribution in [0.4, 0.5) is 5.13 Å². The van der Waals surface area contributed by atoms with Crippen LogP contribution < -0.4 is 10.2 Å². The molecule has 1 aliphatic rings. The van der Waals surface area contributed by atoms with E-state index in [0.717, 1.165) is 36.4 Å². The molecule has 1 saturated carbocycles. The number of thiazole rings is 1. The fraction of sp³-hybridized carbons (Fsp3) is 0.800. The van der Waals surface area contributed by atoms with Crippen molar-refractivity contribution in [3.05, 3.63) is 10.6 Å². The minimum absolute atomic E-state index is 0.487. The second kappa shape index (κ2) is 7.38. The Balaban J connectivity index is 2.12. The second-order valence-corrected chi connectivity index (χ2v) is 6.80. The molecule has 1 aliphatic carbocycles. The molecular weight excluding hydrogens is 270 g/mol. The van der Waals surface area contributed by atoms with Crippen LogP contribution in [0.5, 0.6) is 0 Å². The van der Waals surface area contributed by atoms with Gasteiger partial charge in [-0.1, -0.05) is 6.92 Å². The summed E-state index contributed by atoms with van der Waals surface area (Å²) in [5.74, 6) is 0. The van der Waals surface area contributed by atoms with Crippen molar-refractivity contribution in [1.29, 1.82) is 0 Å². The lowest BCUT2D eigenvalue weighted by molar-refractivity contribution is 0.181. The fourth-order valence-electron chi connectivity index (χ4n) is 2.22. The molecule has 0 amide bonds. The van der Waals surface area contributed by atoms with E-state index in [4.69, 9.17) is 9.72 Å². The summed E-state index contributed by atoms with van der Waals surface area (Å²) in [7, 11) is 1.74. The number of rotatable bonds is 9. The predicted molar refractivity (Wildman–Crippen MR) is 85.5 cm³/mol. The summed E-state index contributed by atoms with van der Waals surface area (Å²) in [6, 6.07) is 1.22. The first-order chi connectivity index (χ1) is 9.65. The van der Waals surface area contributed by atoms with Crippen molar-refractivity contribution < 1.29 is 4.74 Å². The monoisotopic (exact) mass is 297 g/mol. The molecule has 0 saturated heterocycles. The van der Waals surface area contributed by atoms with Gasteiger partial charge in [-0.15, -0.1) is 11.3 Å². The summed E-state index contributed by atoms with van der Waals surface area (Å²) in [5.41, 5.74) is 1.10. The topological polar surface area (TPSA) is 37.4 Å². The minimum Gasteiger partial charge on any atom is -0.378 e. The molecule has 1 fully saturated rings. The Bertz CT molecular complexity index is 415. The van der Waals surface area contributed by atoms with Gasteiger partial charge < -0.3 is 15.0 Å². The highest BCUT2D eigenvalue weighted by molar-refractivity contribution is 7.15. The molecule has 5 heteroatoms. The molecule has 0 unspecified atom stereocenters.